The fourth-order valence-corrected chi connectivity index (χ4v) is 2.22. The molecule has 2 aromatic carbocycles. The molecule has 0 atom stereocenters. The van der Waals surface area contributed by atoms with Crippen LogP contribution in [0.25, 0.3) is 11.1 Å². The van der Waals surface area contributed by atoms with Gasteiger partial charge in [-0.25, -0.2) is 0 Å². The minimum atomic E-state index is -3.45. The van der Waals surface area contributed by atoms with E-state index in [0.29, 0.717) is 5.69 Å². The predicted molar refractivity (Wildman–Crippen MR) is 78.1 cm³/mol. The average molecular weight is 276 g/mol. The molecule has 0 saturated heterocycles. The van der Waals surface area contributed by atoms with Crippen molar-refractivity contribution in [3.8, 4) is 11.1 Å². The van der Waals surface area contributed by atoms with Crippen LogP contribution in [0.5, 0.6) is 0 Å². The van der Waals surface area contributed by atoms with E-state index in [4.69, 9.17) is 0 Å². The molecule has 0 unspecified atom stereocenters. The summed E-state index contributed by atoms with van der Waals surface area (Å²) in [5, 5.41) is 0. The Morgan fingerprint density at radius 3 is 1.89 bits per heavy atom. The normalized spacial score (nSPS) is 11.5. The third-order valence-corrected chi connectivity index (χ3v) is 4.17. The minimum Gasteiger partial charge on any atom is -0.271 e. The molecule has 0 radical (unpaired) electrons. The summed E-state index contributed by atoms with van der Waals surface area (Å²) in [4.78, 5) is 0. The van der Waals surface area contributed by atoms with Crippen molar-refractivity contribution in [3.63, 3.8) is 0 Å². The summed E-state index contributed by atoms with van der Waals surface area (Å²) in [6.07, 6.45) is 0. The van der Waals surface area contributed by atoms with Gasteiger partial charge in [-0.3, -0.25) is 4.72 Å². The highest BCUT2D eigenvalue weighted by Crippen LogP contribution is 2.21. The molecule has 0 heterocycles. The fourth-order valence-electron chi connectivity index (χ4n) is 1.60. The van der Waals surface area contributed by atoms with Crippen molar-refractivity contribution in [1.82, 2.24) is 4.31 Å². The molecule has 5 heteroatoms. The molecule has 2 aromatic rings. The predicted octanol–water partition coefficient (Wildman–Crippen LogP) is 2.57. The highest BCUT2D eigenvalue weighted by atomic mass is 32.2. The van der Waals surface area contributed by atoms with Gasteiger partial charge in [-0.05, 0) is 23.3 Å². The molecule has 0 spiro atoms. The first kappa shape index (κ1) is 13.6. The molecule has 0 aromatic heterocycles. The number of nitrogens with one attached hydrogen (secondary N) is 1. The molecule has 0 bridgehead atoms. The molecule has 0 aliphatic heterocycles. The zero-order valence-corrected chi connectivity index (χ0v) is 11.7. The van der Waals surface area contributed by atoms with Crippen molar-refractivity contribution in [2.75, 3.05) is 18.8 Å². The molecule has 0 amide bonds. The van der Waals surface area contributed by atoms with Crippen LogP contribution < -0.4 is 4.72 Å². The first-order valence-corrected chi connectivity index (χ1v) is 7.29. The lowest BCUT2D eigenvalue weighted by Gasteiger charge is -2.13. The van der Waals surface area contributed by atoms with Crippen LogP contribution in [0.3, 0.4) is 0 Å². The van der Waals surface area contributed by atoms with Gasteiger partial charge in [0.15, 0.2) is 0 Å². The molecule has 0 saturated carbocycles. The Morgan fingerprint density at radius 2 is 1.37 bits per heavy atom. The maximum Gasteiger partial charge on any atom is 0.301 e. The average Bonchev–Trinajstić information content (AvgIpc) is 2.40. The number of nitrogens with zero attached hydrogens (tertiary/aromatic N) is 1. The van der Waals surface area contributed by atoms with E-state index in [1.54, 1.807) is 12.1 Å². The van der Waals surface area contributed by atoms with E-state index in [2.05, 4.69) is 4.72 Å². The molecule has 100 valence electrons. The molecule has 19 heavy (non-hydrogen) atoms. The highest BCUT2D eigenvalue weighted by molar-refractivity contribution is 7.90. The standard InChI is InChI=1S/C14H16N2O2S/c1-16(2)19(17,18)15-14-10-8-13(9-11-14)12-6-4-3-5-7-12/h3-11,15H,1-2H3. The SMILES string of the molecule is CN(C)S(=O)(=O)Nc1ccc(-c2ccccc2)cc1. The van der Waals surface area contributed by atoms with Crippen molar-refractivity contribution in [2.45, 2.75) is 0 Å². The van der Waals surface area contributed by atoms with Crippen LogP contribution in [-0.4, -0.2) is 26.8 Å². The lowest BCUT2D eigenvalue weighted by atomic mass is 10.1. The first-order valence-electron chi connectivity index (χ1n) is 5.85. The third kappa shape index (κ3) is 3.33. The Balaban J connectivity index is 2.21. The molecular weight excluding hydrogens is 260 g/mol. The largest absolute Gasteiger partial charge is 0.301 e. The van der Waals surface area contributed by atoms with Gasteiger partial charge in [0.05, 0.1) is 0 Å². The van der Waals surface area contributed by atoms with E-state index in [1.807, 2.05) is 42.5 Å². The zero-order chi connectivity index (χ0) is 13.9. The van der Waals surface area contributed by atoms with Gasteiger partial charge >= 0.3 is 10.2 Å². The second-order valence-electron chi connectivity index (χ2n) is 4.33. The maximum atomic E-state index is 11.7. The number of hydrogen-bond acceptors (Lipinski definition) is 2. The van der Waals surface area contributed by atoms with E-state index in [1.165, 1.54) is 14.1 Å². The lowest BCUT2D eigenvalue weighted by Crippen LogP contribution is -2.28. The summed E-state index contributed by atoms with van der Waals surface area (Å²) in [5.74, 6) is 0. The van der Waals surface area contributed by atoms with Crippen LogP contribution in [0.15, 0.2) is 54.6 Å². The van der Waals surface area contributed by atoms with Crippen LogP contribution in [0.2, 0.25) is 0 Å². The van der Waals surface area contributed by atoms with Crippen LogP contribution in [0.1, 0.15) is 0 Å². The molecule has 0 aliphatic carbocycles. The molecule has 0 fully saturated rings. The topological polar surface area (TPSA) is 49.4 Å². The van der Waals surface area contributed by atoms with E-state index in [9.17, 15) is 8.42 Å². The minimum absolute atomic E-state index is 0.549. The summed E-state index contributed by atoms with van der Waals surface area (Å²) in [7, 11) is -0.472. The van der Waals surface area contributed by atoms with Crippen molar-refractivity contribution >= 4 is 15.9 Å². The van der Waals surface area contributed by atoms with Gasteiger partial charge < -0.3 is 0 Å². The Morgan fingerprint density at radius 1 is 0.842 bits per heavy atom. The molecule has 4 nitrogen and oxygen atoms in total. The smallest absolute Gasteiger partial charge is 0.271 e. The van der Waals surface area contributed by atoms with Crippen LogP contribution in [0.4, 0.5) is 5.69 Å². The molecule has 2 rings (SSSR count). The number of anilines is 1. The quantitative estimate of drug-likeness (QED) is 0.933. The molecule has 0 aliphatic rings. The van der Waals surface area contributed by atoms with Crippen LogP contribution >= 0.6 is 0 Å². The van der Waals surface area contributed by atoms with Crippen molar-refractivity contribution in [1.29, 1.82) is 0 Å². The molecular formula is C14H16N2O2S. The summed E-state index contributed by atoms with van der Waals surface area (Å²) in [5.41, 5.74) is 2.70. The maximum absolute atomic E-state index is 11.7. The van der Waals surface area contributed by atoms with Crippen molar-refractivity contribution in [3.05, 3.63) is 54.6 Å². The van der Waals surface area contributed by atoms with Crippen molar-refractivity contribution < 1.29 is 8.42 Å². The first-order chi connectivity index (χ1) is 8.99. The van der Waals surface area contributed by atoms with Gasteiger partial charge in [-0.15, -0.1) is 0 Å². The van der Waals surface area contributed by atoms with E-state index in [0.717, 1.165) is 15.4 Å². The van der Waals surface area contributed by atoms with Gasteiger partial charge in [-0.1, -0.05) is 42.5 Å². The van der Waals surface area contributed by atoms with Crippen LogP contribution in [0, 0.1) is 0 Å². The van der Waals surface area contributed by atoms with Gasteiger partial charge in [0, 0.05) is 19.8 Å². The van der Waals surface area contributed by atoms with E-state index < -0.39 is 10.2 Å². The molecule has 1 N–H and O–H groups in total. The zero-order valence-electron chi connectivity index (χ0n) is 10.9. The van der Waals surface area contributed by atoms with Gasteiger partial charge in [0.1, 0.15) is 0 Å². The number of rotatable bonds is 4. The Hall–Kier alpha value is -1.85. The summed E-state index contributed by atoms with van der Waals surface area (Å²) < 4.78 is 27.0. The Labute approximate surface area is 113 Å². The van der Waals surface area contributed by atoms with E-state index in [-0.39, 0.29) is 0 Å². The summed E-state index contributed by atoms with van der Waals surface area (Å²) >= 11 is 0. The Kier molecular flexibility index (Phi) is 3.87. The monoisotopic (exact) mass is 276 g/mol. The van der Waals surface area contributed by atoms with E-state index >= 15 is 0 Å². The second kappa shape index (κ2) is 5.42. The third-order valence-electron chi connectivity index (χ3n) is 2.72. The number of benzene rings is 2. The van der Waals surface area contributed by atoms with Gasteiger partial charge in [-0.2, -0.15) is 12.7 Å². The van der Waals surface area contributed by atoms with Crippen molar-refractivity contribution in [2.24, 2.45) is 0 Å². The van der Waals surface area contributed by atoms with Gasteiger partial charge in [0.2, 0.25) is 0 Å². The van der Waals surface area contributed by atoms with Gasteiger partial charge in [0.25, 0.3) is 0 Å². The fraction of sp³-hybridized carbons (Fsp3) is 0.143. The number of hydrogen-bond donors (Lipinski definition) is 1. The highest BCUT2D eigenvalue weighted by Gasteiger charge is 2.12. The Bertz CT molecular complexity index is 635. The second-order valence-corrected chi connectivity index (χ2v) is 6.22. The van der Waals surface area contributed by atoms with Crippen LogP contribution in [-0.2, 0) is 10.2 Å². The summed E-state index contributed by atoms with van der Waals surface area (Å²) in [6, 6.07) is 17.2. The lowest BCUT2D eigenvalue weighted by molar-refractivity contribution is 0.527. The summed E-state index contributed by atoms with van der Waals surface area (Å²) in [6.45, 7) is 0.